The van der Waals surface area contributed by atoms with Gasteiger partial charge in [-0.25, -0.2) is 0 Å². The average Bonchev–Trinajstić information content (AvgIpc) is 2.81. The molecule has 0 aliphatic rings. The lowest BCUT2D eigenvalue weighted by molar-refractivity contribution is 0.416. The van der Waals surface area contributed by atoms with Crippen LogP contribution in [0.2, 0.25) is 0 Å². The summed E-state index contributed by atoms with van der Waals surface area (Å²) in [5.74, 6) is 0.684. The van der Waals surface area contributed by atoms with E-state index in [2.05, 4.69) is 22.0 Å². The Morgan fingerprint density at radius 3 is 2.83 bits per heavy atom. The predicted molar refractivity (Wildman–Crippen MR) is 70.4 cm³/mol. The first-order valence-electron chi connectivity index (χ1n) is 5.67. The van der Waals surface area contributed by atoms with Crippen molar-refractivity contribution in [2.75, 3.05) is 12.4 Å². The first kappa shape index (κ1) is 12.1. The van der Waals surface area contributed by atoms with Crippen LogP contribution in [0.1, 0.15) is 11.3 Å². The van der Waals surface area contributed by atoms with Crippen LogP contribution in [-0.2, 0) is 13.6 Å². The highest BCUT2D eigenvalue weighted by Crippen LogP contribution is 2.25. The Labute approximate surface area is 106 Å². The van der Waals surface area contributed by atoms with Gasteiger partial charge in [0.15, 0.2) is 0 Å². The zero-order chi connectivity index (χ0) is 13.0. The number of nitriles is 1. The van der Waals surface area contributed by atoms with Crippen molar-refractivity contribution in [1.29, 1.82) is 5.26 Å². The van der Waals surface area contributed by atoms with Crippen LogP contribution in [0, 0.1) is 11.3 Å². The molecule has 1 heterocycles. The molecule has 92 valence electrons. The minimum atomic E-state index is 0.594. The van der Waals surface area contributed by atoms with E-state index in [0.29, 0.717) is 17.9 Å². The first-order chi connectivity index (χ1) is 8.74. The highest BCUT2D eigenvalue weighted by Gasteiger charge is 2.05. The molecule has 0 fully saturated rings. The molecule has 1 aromatic carbocycles. The normalized spacial score (nSPS) is 9.83. The molecule has 1 N–H and O–H groups in total. The molecule has 0 bridgehead atoms. The predicted octanol–water partition coefficient (Wildman–Crippen LogP) is 2.52. The first-order valence-corrected chi connectivity index (χ1v) is 5.67. The lowest BCUT2D eigenvalue weighted by Crippen LogP contribution is -2.05. The second-order valence-electron chi connectivity index (χ2n) is 3.99. The van der Waals surface area contributed by atoms with Crippen LogP contribution in [-0.4, -0.2) is 11.7 Å². The van der Waals surface area contributed by atoms with Crippen molar-refractivity contribution in [1.82, 2.24) is 4.57 Å². The second kappa shape index (κ2) is 5.28. The molecule has 1 aromatic heterocycles. The zero-order valence-electron chi connectivity index (χ0n) is 10.5. The molecule has 4 nitrogen and oxygen atoms in total. The van der Waals surface area contributed by atoms with Gasteiger partial charge in [-0.2, -0.15) is 5.26 Å². The van der Waals surface area contributed by atoms with E-state index in [9.17, 15) is 0 Å². The van der Waals surface area contributed by atoms with Crippen molar-refractivity contribution in [3.8, 4) is 11.8 Å². The Hall–Kier alpha value is -2.41. The Kier molecular flexibility index (Phi) is 3.54. The van der Waals surface area contributed by atoms with Crippen LogP contribution in [0.3, 0.4) is 0 Å². The van der Waals surface area contributed by atoms with E-state index in [1.54, 1.807) is 19.2 Å². The molecule has 0 spiro atoms. The molecule has 0 amide bonds. The standard InChI is InChI=1S/C14H15N3O/c1-17-7-3-4-12(17)10-16-13-6-5-11(9-15)8-14(13)18-2/h3-8,16H,10H2,1-2H3. The minimum absolute atomic E-state index is 0.594. The van der Waals surface area contributed by atoms with E-state index >= 15 is 0 Å². The highest BCUT2D eigenvalue weighted by molar-refractivity contribution is 5.59. The van der Waals surface area contributed by atoms with Crippen LogP contribution >= 0.6 is 0 Å². The molecule has 0 radical (unpaired) electrons. The van der Waals surface area contributed by atoms with Crippen LogP contribution in [0.5, 0.6) is 5.75 Å². The number of hydrogen-bond acceptors (Lipinski definition) is 3. The quantitative estimate of drug-likeness (QED) is 0.894. The van der Waals surface area contributed by atoms with E-state index in [1.807, 2.05) is 25.4 Å². The van der Waals surface area contributed by atoms with E-state index in [4.69, 9.17) is 10.00 Å². The van der Waals surface area contributed by atoms with Crippen LogP contribution in [0.4, 0.5) is 5.69 Å². The van der Waals surface area contributed by atoms with Gasteiger partial charge in [-0.1, -0.05) is 0 Å². The number of benzene rings is 1. The van der Waals surface area contributed by atoms with E-state index in [-0.39, 0.29) is 0 Å². The van der Waals surface area contributed by atoms with Gasteiger partial charge in [0.25, 0.3) is 0 Å². The summed E-state index contributed by atoms with van der Waals surface area (Å²) >= 11 is 0. The summed E-state index contributed by atoms with van der Waals surface area (Å²) in [6, 6.07) is 11.5. The Bertz CT molecular complexity index is 581. The molecular weight excluding hydrogens is 226 g/mol. The third-order valence-electron chi connectivity index (χ3n) is 2.84. The van der Waals surface area contributed by atoms with E-state index in [0.717, 1.165) is 5.69 Å². The fraction of sp³-hybridized carbons (Fsp3) is 0.214. The number of aromatic nitrogens is 1. The highest BCUT2D eigenvalue weighted by atomic mass is 16.5. The zero-order valence-corrected chi connectivity index (χ0v) is 10.5. The summed E-state index contributed by atoms with van der Waals surface area (Å²) in [7, 11) is 3.61. The number of nitrogens with one attached hydrogen (secondary N) is 1. The molecular formula is C14H15N3O. The number of nitrogens with zero attached hydrogens (tertiary/aromatic N) is 2. The number of anilines is 1. The molecule has 18 heavy (non-hydrogen) atoms. The molecule has 0 saturated carbocycles. The molecule has 2 aromatic rings. The number of ether oxygens (including phenoxy) is 1. The maximum atomic E-state index is 8.84. The van der Waals surface area contributed by atoms with Crippen LogP contribution in [0.25, 0.3) is 0 Å². The summed E-state index contributed by atoms with van der Waals surface area (Å²) < 4.78 is 7.33. The molecule has 0 unspecified atom stereocenters. The summed E-state index contributed by atoms with van der Waals surface area (Å²) in [5, 5.41) is 12.1. The Morgan fingerprint density at radius 2 is 2.22 bits per heavy atom. The van der Waals surface area contributed by atoms with Gasteiger partial charge in [0.05, 0.1) is 31.0 Å². The van der Waals surface area contributed by atoms with Gasteiger partial charge < -0.3 is 14.6 Å². The maximum absolute atomic E-state index is 8.84. The molecule has 2 rings (SSSR count). The van der Waals surface area contributed by atoms with Crippen LogP contribution in [0.15, 0.2) is 36.5 Å². The Balaban J connectivity index is 2.15. The van der Waals surface area contributed by atoms with Crippen molar-refractivity contribution in [3.63, 3.8) is 0 Å². The van der Waals surface area contributed by atoms with E-state index < -0.39 is 0 Å². The second-order valence-corrected chi connectivity index (χ2v) is 3.99. The molecule has 0 aliphatic heterocycles. The topological polar surface area (TPSA) is 50.0 Å². The molecule has 4 heteroatoms. The van der Waals surface area contributed by atoms with Gasteiger partial charge in [-0.15, -0.1) is 0 Å². The average molecular weight is 241 g/mol. The van der Waals surface area contributed by atoms with Gasteiger partial charge in [-0.3, -0.25) is 0 Å². The van der Waals surface area contributed by atoms with Gasteiger partial charge >= 0.3 is 0 Å². The summed E-state index contributed by atoms with van der Waals surface area (Å²) in [5.41, 5.74) is 2.66. The third-order valence-corrected chi connectivity index (χ3v) is 2.84. The number of methoxy groups -OCH3 is 1. The minimum Gasteiger partial charge on any atom is -0.495 e. The van der Waals surface area contributed by atoms with Gasteiger partial charge in [0, 0.05) is 25.0 Å². The van der Waals surface area contributed by atoms with Gasteiger partial charge in [0.1, 0.15) is 5.75 Å². The number of hydrogen-bond donors (Lipinski definition) is 1. The molecule has 0 atom stereocenters. The van der Waals surface area contributed by atoms with Crippen molar-refractivity contribution in [2.45, 2.75) is 6.54 Å². The van der Waals surface area contributed by atoms with Crippen molar-refractivity contribution in [2.24, 2.45) is 7.05 Å². The molecule has 0 aliphatic carbocycles. The van der Waals surface area contributed by atoms with Gasteiger partial charge in [0.2, 0.25) is 0 Å². The van der Waals surface area contributed by atoms with Gasteiger partial charge in [-0.05, 0) is 24.3 Å². The smallest absolute Gasteiger partial charge is 0.143 e. The monoisotopic (exact) mass is 241 g/mol. The third kappa shape index (κ3) is 2.46. The summed E-state index contributed by atoms with van der Waals surface area (Å²) in [6.45, 7) is 0.714. The van der Waals surface area contributed by atoms with Crippen LogP contribution < -0.4 is 10.1 Å². The fourth-order valence-corrected chi connectivity index (χ4v) is 1.77. The van der Waals surface area contributed by atoms with E-state index in [1.165, 1.54) is 5.69 Å². The maximum Gasteiger partial charge on any atom is 0.143 e. The fourth-order valence-electron chi connectivity index (χ4n) is 1.77. The van der Waals surface area contributed by atoms with Crippen molar-refractivity contribution in [3.05, 3.63) is 47.8 Å². The summed E-state index contributed by atoms with van der Waals surface area (Å²) in [6.07, 6.45) is 2.01. The number of rotatable bonds is 4. The Morgan fingerprint density at radius 1 is 1.39 bits per heavy atom. The molecule has 0 saturated heterocycles. The lowest BCUT2D eigenvalue weighted by Gasteiger charge is -2.11. The number of aryl methyl sites for hydroxylation is 1. The van der Waals surface area contributed by atoms with Crippen molar-refractivity contribution < 1.29 is 4.74 Å². The lowest BCUT2D eigenvalue weighted by atomic mass is 10.2. The largest absolute Gasteiger partial charge is 0.495 e. The van der Waals surface area contributed by atoms with Crippen molar-refractivity contribution >= 4 is 5.69 Å². The summed E-state index contributed by atoms with van der Waals surface area (Å²) in [4.78, 5) is 0. The SMILES string of the molecule is COc1cc(C#N)ccc1NCc1cccn1C.